The summed E-state index contributed by atoms with van der Waals surface area (Å²) in [6.45, 7) is 0. The van der Waals surface area contributed by atoms with Crippen LogP contribution in [0.3, 0.4) is 0 Å². The molecule has 0 bridgehead atoms. The highest BCUT2D eigenvalue weighted by molar-refractivity contribution is 5.96. The minimum atomic E-state index is -0.988. The average molecular weight is 284 g/mol. The molecule has 1 amide bonds. The largest absolute Gasteiger partial charge is 0.478 e. The van der Waals surface area contributed by atoms with Gasteiger partial charge in [0, 0.05) is 25.3 Å². The van der Waals surface area contributed by atoms with Crippen LogP contribution in [-0.2, 0) is 0 Å². The van der Waals surface area contributed by atoms with Gasteiger partial charge in [0.2, 0.25) is 0 Å². The molecule has 0 saturated heterocycles. The zero-order chi connectivity index (χ0) is 15.4. The fourth-order valence-electron chi connectivity index (χ4n) is 1.89. The van der Waals surface area contributed by atoms with E-state index < -0.39 is 5.97 Å². The zero-order valence-electron chi connectivity index (χ0n) is 11.8. The molecule has 0 radical (unpaired) electrons. The first-order valence-corrected chi connectivity index (χ1v) is 6.40. The van der Waals surface area contributed by atoms with Gasteiger partial charge in [-0.2, -0.15) is 0 Å². The maximum atomic E-state index is 11.8. The average Bonchev–Trinajstić information content (AvgIpc) is 2.47. The number of carboxylic acids is 1. The van der Waals surface area contributed by atoms with E-state index in [4.69, 9.17) is 5.11 Å². The molecule has 2 aromatic carbocycles. The molecular weight excluding hydrogens is 268 g/mol. The third kappa shape index (κ3) is 3.39. The first kappa shape index (κ1) is 14.6. The van der Waals surface area contributed by atoms with Gasteiger partial charge in [-0.15, -0.1) is 0 Å². The number of para-hydroxylation sites is 1. The summed E-state index contributed by atoms with van der Waals surface area (Å²) in [7, 11) is 3.38. The van der Waals surface area contributed by atoms with E-state index in [0.717, 1.165) is 5.69 Å². The standard InChI is InChI=1S/C16H16N2O3/c1-18(2)15(19)11-7-9-12(10-8-11)17-14-6-4-3-5-13(14)16(20)21/h3-10,17H,1-2H3,(H,20,21). The van der Waals surface area contributed by atoms with E-state index in [0.29, 0.717) is 11.3 Å². The van der Waals surface area contributed by atoms with Crippen LogP contribution in [0, 0.1) is 0 Å². The molecule has 0 aliphatic heterocycles. The summed E-state index contributed by atoms with van der Waals surface area (Å²) in [5, 5.41) is 12.2. The van der Waals surface area contributed by atoms with E-state index >= 15 is 0 Å². The van der Waals surface area contributed by atoms with Crippen molar-refractivity contribution in [3.63, 3.8) is 0 Å². The third-order valence-electron chi connectivity index (χ3n) is 2.97. The van der Waals surface area contributed by atoms with E-state index in [1.54, 1.807) is 56.6 Å². The second-order valence-corrected chi connectivity index (χ2v) is 4.75. The SMILES string of the molecule is CN(C)C(=O)c1ccc(Nc2ccccc2C(=O)O)cc1. The summed E-state index contributed by atoms with van der Waals surface area (Å²) in [4.78, 5) is 24.4. The van der Waals surface area contributed by atoms with Crippen molar-refractivity contribution in [2.24, 2.45) is 0 Å². The van der Waals surface area contributed by atoms with Crippen LogP contribution in [0.15, 0.2) is 48.5 Å². The van der Waals surface area contributed by atoms with Gasteiger partial charge in [-0.1, -0.05) is 12.1 Å². The van der Waals surface area contributed by atoms with Crippen molar-refractivity contribution in [3.8, 4) is 0 Å². The third-order valence-corrected chi connectivity index (χ3v) is 2.97. The van der Waals surface area contributed by atoms with E-state index in [1.165, 1.54) is 11.0 Å². The summed E-state index contributed by atoms with van der Waals surface area (Å²) in [5.41, 5.74) is 2.01. The van der Waals surface area contributed by atoms with Crippen LogP contribution in [0.5, 0.6) is 0 Å². The molecule has 0 spiro atoms. The number of hydrogen-bond acceptors (Lipinski definition) is 3. The predicted molar refractivity (Wildman–Crippen MR) is 81.1 cm³/mol. The van der Waals surface area contributed by atoms with E-state index in [-0.39, 0.29) is 11.5 Å². The highest BCUT2D eigenvalue weighted by atomic mass is 16.4. The van der Waals surface area contributed by atoms with Crippen molar-refractivity contribution in [1.29, 1.82) is 0 Å². The van der Waals surface area contributed by atoms with Crippen LogP contribution in [-0.4, -0.2) is 36.0 Å². The number of nitrogens with zero attached hydrogens (tertiary/aromatic N) is 1. The minimum absolute atomic E-state index is 0.0764. The monoisotopic (exact) mass is 284 g/mol. The highest BCUT2D eigenvalue weighted by Crippen LogP contribution is 2.21. The van der Waals surface area contributed by atoms with E-state index in [9.17, 15) is 9.59 Å². The van der Waals surface area contributed by atoms with Crippen LogP contribution >= 0.6 is 0 Å². The van der Waals surface area contributed by atoms with Gasteiger partial charge in [0.25, 0.3) is 5.91 Å². The molecule has 0 aliphatic carbocycles. The summed E-state index contributed by atoms with van der Waals surface area (Å²) >= 11 is 0. The van der Waals surface area contributed by atoms with Crippen molar-refractivity contribution < 1.29 is 14.7 Å². The van der Waals surface area contributed by atoms with Gasteiger partial charge in [-0.25, -0.2) is 4.79 Å². The molecule has 0 heterocycles. The first-order valence-electron chi connectivity index (χ1n) is 6.40. The summed E-state index contributed by atoms with van der Waals surface area (Å²) in [5.74, 6) is -1.06. The van der Waals surface area contributed by atoms with E-state index in [1.807, 2.05) is 0 Å². The predicted octanol–water partition coefficient (Wildman–Crippen LogP) is 2.83. The summed E-state index contributed by atoms with van der Waals surface area (Å²) in [6.07, 6.45) is 0. The van der Waals surface area contributed by atoms with Gasteiger partial charge >= 0.3 is 5.97 Å². The van der Waals surface area contributed by atoms with Gasteiger partial charge in [0.15, 0.2) is 0 Å². The normalized spacial score (nSPS) is 10.0. The van der Waals surface area contributed by atoms with Crippen molar-refractivity contribution in [2.45, 2.75) is 0 Å². The Hall–Kier alpha value is -2.82. The molecule has 0 aliphatic rings. The lowest BCUT2D eigenvalue weighted by Crippen LogP contribution is -2.21. The molecule has 0 aromatic heterocycles. The molecule has 2 aromatic rings. The number of nitrogens with one attached hydrogen (secondary N) is 1. The summed E-state index contributed by atoms with van der Waals surface area (Å²) < 4.78 is 0. The van der Waals surface area contributed by atoms with Gasteiger partial charge in [0.05, 0.1) is 11.3 Å². The maximum Gasteiger partial charge on any atom is 0.337 e. The lowest BCUT2D eigenvalue weighted by Gasteiger charge is -2.12. The number of rotatable bonds is 4. The molecular formula is C16H16N2O3. The van der Waals surface area contributed by atoms with Gasteiger partial charge in [-0.3, -0.25) is 4.79 Å². The number of amides is 1. The topological polar surface area (TPSA) is 69.6 Å². The Labute approximate surface area is 122 Å². The van der Waals surface area contributed by atoms with Crippen molar-refractivity contribution in [3.05, 3.63) is 59.7 Å². The molecule has 5 nitrogen and oxygen atoms in total. The highest BCUT2D eigenvalue weighted by Gasteiger charge is 2.10. The van der Waals surface area contributed by atoms with Crippen molar-refractivity contribution in [1.82, 2.24) is 4.90 Å². The smallest absolute Gasteiger partial charge is 0.337 e. The fraction of sp³-hybridized carbons (Fsp3) is 0.125. The molecule has 0 saturated carbocycles. The maximum absolute atomic E-state index is 11.8. The van der Waals surface area contributed by atoms with Crippen LogP contribution in [0.2, 0.25) is 0 Å². The first-order chi connectivity index (χ1) is 9.99. The Balaban J connectivity index is 2.22. The zero-order valence-corrected chi connectivity index (χ0v) is 11.8. The van der Waals surface area contributed by atoms with Gasteiger partial charge < -0.3 is 15.3 Å². The minimum Gasteiger partial charge on any atom is -0.478 e. The molecule has 108 valence electrons. The Morgan fingerprint density at radius 2 is 1.62 bits per heavy atom. The van der Waals surface area contributed by atoms with E-state index in [2.05, 4.69) is 5.32 Å². The van der Waals surface area contributed by atoms with Crippen LogP contribution in [0.25, 0.3) is 0 Å². The second-order valence-electron chi connectivity index (χ2n) is 4.75. The molecule has 21 heavy (non-hydrogen) atoms. The molecule has 0 fully saturated rings. The summed E-state index contributed by atoms with van der Waals surface area (Å²) in [6, 6.07) is 13.6. The van der Waals surface area contributed by atoms with Crippen molar-refractivity contribution in [2.75, 3.05) is 19.4 Å². The second kappa shape index (κ2) is 6.09. The van der Waals surface area contributed by atoms with Crippen LogP contribution in [0.1, 0.15) is 20.7 Å². The molecule has 5 heteroatoms. The van der Waals surface area contributed by atoms with Gasteiger partial charge in [-0.05, 0) is 36.4 Å². The fourth-order valence-corrected chi connectivity index (χ4v) is 1.89. The number of carboxylic acid groups (broad SMARTS) is 1. The number of aromatic carboxylic acids is 1. The van der Waals surface area contributed by atoms with Crippen LogP contribution in [0.4, 0.5) is 11.4 Å². The number of benzene rings is 2. The molecule has 0 unspecified atom stereocenters. The number of hydrogen-bond donors (Lipinski definition) is 2. The lowest BCUT2D eigenvalue weighted by molar-refractivity contribution is 0.0697. The number of anilines is 2. The molecule has 2 N–H and O–H groups in total. The van der Waals surface area contributed by atoms with Crippen LogP contribution < -0.4 is 5.32 Å². The quantitative estimate of drug-likeness (QED) is 0.905. The lowest BCUT2D eigenvalue weighted by atomic mass is 10.1. The molecule has 0 atom stereocenters. The number of carbonyl (C=O) groups excluding carboxylic acids is 1. The van der Waals surface area contributed by atoms with Crippen molar-refractivity contribution >= 4 is 23.3 Å². The molecule has 2 rings (SSSR count). The Kier molecular flexibility index (Phi) is 4.23. The van der Waals surface area contributed by atoms with Gasteiger partial charge in [0.1, 0.15) is 0 Å². The number of carbonyl (C=O) groups is 2. The Morgan fingerprint density at radius 3 is 2.19 bits per heavy atom. The Bertz CT molecular complexity index is 663. The Morgan fingerprint density at radius 1 is 1.00 bits per heavy atom.